The lowest BCUT2D eigenvalue weighted by molar-refractivity contribution is 0.0170. The summed E-state index contributed by atoms with van der Waals surface area (Å²) in [6.07, 6.45) is 0. The lowest BCUT2D eigenvalue weighted by Crippen LogP contribution is -2.41. The highest BCUT2D eigenvalue weighted by Gasteiger charge is 2.29. The van der Waals surface area contributed by atoms with Crippen LogP contribution in [0.15, 0.2) is 29.2 Å². The zero-order chi connectivity index (χ0) is 14.7. The van der Waals surface area contributed by atoms with Crippen LogP contribution in [-0.4, -0.2) is 27.4 Å². The Labute approximate surface area is 112 Å². The van der Waals surface area contributed by atoms with Gasteiger partial charge in [0.05, 0.1) is 18.0 Å². The van der Waals surface area contributed by atoms with Crippen LogP contribution in [0.3, 0.4) is 0 Å². The summed E-state index contributed by atoms with van der Waals surface area (Å²) in [6, 6.07) is 6.14. The van der Waals surface area contributed by atoms with Gasteiger partial charge in [0.15, 0.2) is 0 Å². The van der Waals surface area contributed by atoms with E-state index < -0.39 is 29.0 Å². The Bertz CT molecular complexity index is 513. The van der Waals surface area contributed by atoms with Crippen molar-refractivity contribution in [1.29, 1.82) is 0 Å². The van der Waals surface area contributed by atoms with Crippen molar-refractivity contribution in [1.82, 2.24) is 4.72 Å². The average molecular weight is 292 g/mol. The van der Waals surface area contributed by atoms with Gasteiger partial charge in [0.1, 0.15) is 0 Å². The minimum atomic E-state index is -3.93. The normalized spacial score (nSPS) is 12.9. The molecule has 1 aromatic rings. The maximum Gasteiger partial charge on any atom is 0.273 e. The van der Waals surface area contributed by atoms with Gasteiger partial charge < -0.3 is 5.73 Å². The molecule has 1 rings (SSSR count). The van der Waals surface area contributed by atoms with E-state index in [0.29, 0.717) is 0 Å². The van der Waals surface area contributed by atoms with Gasteiger partial charge in [-0.2, -0.15) is 0 Å². The number of nitrogens with one attached hydrogen (secondary N) is 1. The third-order valence-electron chi connectivity index (χ3n) is 2.68. The molecular formula is C12H18F2N2O2S. The quantitative estimate of drug-likeness (QED) is 0.838. The highest BCUT2D eigenvalue weighted by atomic mass is 32.2. The van der Waals surface area contributed by atoms with Crippen molar-refractivity contribution in [2.45, 2.75) is 30.6 Å². The molecule has 0 aliphatic heterocycles. The zero-order valence-electron chi connectivity index (χ0n) is 10.9. The molecule has 0 aliphatic rings. The fourth-order valence-electron chi connectivity index (χ4n) is 1.39. The Morgan fingerprint density at radius 1 is 1.26 bits per heavy atom. The molecule has 7 heteroatoms. The fourth-order valence-corrected chi connectivity index (χ4v) is 2.45. The van der Waals surface area contributed by atoms with Crippen molar-refractivity contribution >= 4 is 10.0 Å². The summed E-state index contributed by atoms with van der Waals surface area (Å²) in [7, 11) is -3.93. The smallest absolute Gasteiger partial charge is 0.273 e. The molecular weight excluding hydrogens is 274 g/mol. The van der Waals surface area contributed by atoms with Crippen LogP contribution in [-0.2, 0) is 10.0 Å². The van der Waals surface area contributed by atoms with Gasteiger partial charge in [0.25, 0.3) is 5.92 Å². The summed E-state index contributed by atoms with van der Waals surface area (Å²) in [4.78, 5) is -0.0373. The number of hydrogen-bond donors (Lipinski definition) is 2. The molecule has 0 aliphatic carbocycles. The van der Waals surface area contributed by atoms with Crippen molar-refractivity contribution in [3.05, 3.63) is 29.8 Å². The number of nitrogens with two attached hydrogens (primary N) is 1. The molecule has 0 amide bonds. The van der Waals surface area contributed by atoms with Crippen LogP contribution in [0.1, 0.15) is 25.3 Å². The molecule has 0 radical (unpaired) electrons. The van der Waals surface area contributed by atoms with Gasteiger partial charge in [-0.05, 0) is 23.6 Å². The topological polar surface area (TPSA) is 72.2 Å². The molecule has 1 aromatic carbocycles. The van der Waals surface area contributed by atoms with Gasteiger partial charge in [-0.1, -0.05) is 26.0 Å². The van der Waals surface area contributed by atoms with E-state index in [4.69, 9.17) is 5.73 Å². The van der Waals surface area contributed by atoms with E-state index in [2.05, 4.69) is 0 Å². The minimum absolute atomic E-state index is 0.0373. The summed E-state index contributed by atoms with van der Waals surface area (Å²) in [5, 5.41) is 0. The van der Waals surface area contributed by atoms with Gasteiger partial charge in [0.2, 0.25) is 10.0 Å². The largest absolute Gasteiger partial charge is 0.325 e. The van der Waals surface area contributed by atoms with Crippen LogP contribution in [0, 0.1) is 0 Å². The molecule has 0 saturated carbocycles. The van der Waals surface area contributed by atoms with Crippen LogP contribution in [0.5, 0.6) is 0 Å². The average Bonchev–Trinajstić information content (AvgIpc) is 2.37. The number of rotatable bonds is 6. The molecule has 0 aromatic heterocycles. The maximum absolute atomic E-state index is 12.9. The van der Waals surface area contributed by atoms with Crippen molar-refractivity contribution in [2.24, 2.45) is 5.73 Å². The first-order valence-electron chi connectivity index (χ1n) is 5.85. The predicted molar refractivity (Wildman–Crippen MR) is 69.7 cm³/mol. The van der Waals surface area contributed by atoms with Crippen LogP contribution in [0.2, 0.25) is 0 Å². The monoisotopic (exact) mass is 292 g/mol. The van der Waals surface area contributed by atoms with E-state index in [9.17, 15) is 17.2 Å². The lowest BCUT2D eigenvalue weighted by atomic mass is 10.0. The van der Waals surface area contributed by atoms with Crippen LogP contribution in [0.25, 0.3) is 0 Å². The number of sulfonamides is 1. The molecule has 0 saturated heterocycles. The second-order valence-corrected chi connectivity index (χ2v) is 6.38. The highest BCUT2D eigenvalue weighted by molar-refractivity contribution is 7.89. The van der Waals surface area contributed by atoms with E-state index in [1.54, 1.807) is 12.1 Å². The SMILES string of the molecule is CC(C)c1ccc(S(=O)(=O)NCC(F)(F)CN)cc1. The first kappa shape index (κ1) is 16.0. The van der Waals surface area contributed by atoms with Gasteiger partial charge in [0, 0.05) is 0 Å². The van der Waals surface area contributed by atoms with Gasteiger partial charge in [-0.15, -0.1) is 0 Å². The Kier molecular flexibility index (Phi) is 5.00. The summed E-state index contributed by atoms with van der Waals surface area (Å²) >= 11 is 0. The van der Waals surface area contributed by atoms with Crippen LogP contribution >= 0.6 is 0 Å². The third kappa shape index (κ3) is 4.52. The second-order valence-electron chi connectivity index (χ2n) is 4.61. The molecule has 0 spiro atoms. The van der Waals surface area contributed by atoms with Crippen molar-refractivity contribution in [3.8, 4) is 0 Å². The molecule has 19 heavy (non-hydrogen) atoms. The zero-order valence-corrected chi connectivity index (χ0v) is 11.7. The first-order chi connectivity index (χ1) is 8.68. The molecule has 108 valence electrons. The Morgan fingerprint density at radius 2 is 1.79 bits per heavy atom. The number of benzene rings is 1. The van der Waals surface area contributed by atoms with E-state index >= 15 is 0 Å². The summed E-state index contributed by atoms with van der Waals surface area (Å²) in [5.74, 6) is -2.98. The van der Waals surface area contributed by atoms with E-state index in [1.165, 1.54) is 12.1 Å². The molecule has 0 atom stereocenters. The number of alkyl halides is 2. The molecule has 0 bridgehead atoms. The van der Waals surface area contributed by atoms with E-state index in [-0.39, 0.29) is 10.8 Å². The van der Waals surface area contributed by atoms with Gasteiger partial charge >= 0.3 is 0 Å². The first-order valence-corrected chi connectivity index (χ1v) is 7.34. The van der Waals surface area contributed by atoms with Gasteiger partial charge in [-0.3, -0.25) is 0 Å². The van der Waals surface area contributed by atoms with E-state index in [1.807, 2.05) is 18.6 Å². The number of halogens is 2. The van der Waals surface area contributed by atoms with E-state index in [0.717, 1.165) is 5.56 Å². The molecule has 0 fully saturated rings. The fraction of sp³-hybridized carbons (Fsp3) is 0.500. The maximum atomic E-state index is 12.9. The standard InChI is InChI=1S/C12H18F2N2O2S/c1-9(2)10-3-5-11(6-4-10)19(17,18)16-8-12(13,14)7-15/h3-6,9,16H,7-8,15H2,1-2H3. The Morgan fingerprint density at radius 3 is 2.21 bits per heavy atom. The van der Waals surface area contributed by atoms with Gasteiger partial charge in [-0.25, -0.2) is 21.9 Å². The van der Waals surface area contributed by atoms with Crippen LogP contribution < -0.4 is 10.5 Å². The predicted octanol–water partition coefficient (Wildman–Crippen LogP) is 1.68. The Balaban J connectivity index is 2.83. The highest BCUT2D eigenvalue weighted by Crippen LogP contribution is 2.18. The van der Waals surface area contributed by atoms with Crippen molar-refractivity contribution < 1.29 is 17.2 Å². The summed E-state index contributed by atoms with van der Waals surface area (Å²) in [5.41, 5.74) is 5.82. The Hall–Kier alpha value is -1.05. The van der Waals surface area contributed by atoms with Crippen molar-refractivity contribution in [3.63, 3.8) is 0 Å². The lowest BCUT2D eigenvalue weighted by Gasteiger charge is -2.15. The van der Waals surface area contributed by atoms with Crippen molar-refractivity contribution in [2.75, 3.05) is 13.1 Å². The summed E-state index contributed by atoms with van der Waals surface area (Å²) in [6.45, 7) is 2.05. The molecule has 3 N–H and O–H groups in total. The number of hydrogen-bond acceptors (Lipinski definition) is 3. The molecule has 4 nitrogen and oxygen atoms in total. The third-order valence-corrected chi connectivity index (χ3v) is 4.09. The summed E-state index contributed by atoms with van der Waals surface area (Å²) < 4.78 is 51.3. The van der Waals surface area contributed by atoms with Crippen LogP contribution in [0.4, 0.5) is 8.78 Å². The minimum Gasteiger partial charge on any atom is -0.325 e. The second kappa shape index (κ2) is 5.94. The molecule has 0 unspecified atom stereocenters. The molecule has 0 heterocycles.